The zero-order chi connectivity index (χ0) is 20.8. The Hall–Kier alpha value is -3.48. The number of aliphatic imine (C=N–C) groups is 1. The Balaban J connectivity index is 1.60. The lowest BCUT2D eigenvalue weighted by molar-refractivity contribution is -0.128. The summed E-state index contributed by atoms with van der Waals surface area (Å²) in [5.74, 6) is -0.377. The number of benzene rings is 2. The van der Waals surface area contributed by atoms with E-state index in [-0.39, 0.29) is 36.3 Å². The average Bonchev–Trinajstić information content (AvgIpc) is 3.09. The number of carbonyl (C=O) groups is 2. The summed E-state index contributed by atoms with van der Waals surface area (Å²) in [4.78, 5) is 33.9. The number of hydrogen-bond donors (Lipinski definition) is 2. The molecule has 1 amide bonds. The van der Waals surface area contributed by atoms with Crippen molar-refractivity contribution in [2.24, 2.45) is 10.7 Å². The van der Waals surface area contributed by atoms with E-state index in [1.54, 1.807) is 19.2 Å². The number of amides is 1. The first-order chi connectivity index (χ1) is 13.7. The first-order valence-corrected chi connectivity index (χ1v) is 9.28. The fourth-order valence-corrected chi connectivity index (χ4v) is 3.63. The zero-order valence-corrected chi connectivity index (χ0v) is 16.2. The molecule has 0 saturated carbocycles. The van der Waals surface area contributed by atoms with Crippen molar-refractivity contribution in [2.45, 2.75) is 25.3 Å². The zero-order valence-electron chi connectivity index (χ0n) is 16.2. The van der Waals surface area contributed by atoms with Crippen molar-refractivity contribution in [3.63, 3.8) is 0 Å². The summed E-state index contributed by atoms with van der Waals surface area (Å²) in [5, 5.41) is 0.657. The molecule has 29 heavy (non-hydrogen) atoms. The molecule has 2 aromatic carbocycles. The molecule has 148 valence electrons. The topological polar surface area (TPSA) is 91.5 Å². The van der Waals surface area contributed by atoms with Crippen LogP contribution in [0.25, 0.3) is 10.9 Å². The van der Waals surface area contributed by atoms with E-state index in [1.807, 2.05) is 31.2 Å². The van der Waals surface area contributed by atoms with Gasteiger partial charge in [0, 0.05) is 24.4 Å². The number of aromatic nitrogens is 1. The van der Waals surface area contributed by atoms with Crippen LogP contribution in [0.15, 0.2) is 53.5 Å². The molecular weight excluding hydrogens is 371 g/mol. The Kier molecular flexibility index (Phi) is 4.45. The molecular formula is C22H21FN4O2. The van der Waals surface area contributed by atoms with Crippen molar-refractivity contribution in [1.82, 2.24) is 9.88 Å². The van der Waals surface area contributed by atoms with Crippen LogP contribution in [-0.4, -0.2) is 34.6 Å². The molecule has 0 bridgehead atoms. The maximum atomic E-state index is 13.4. The molecule has 0 fully saturated rings. The SMILES string of the molecule is CN1C(=O)CC(C)(c2cccc(CC(=O)c3cc4cc(F)ccc4[nH]3)c2)N=C1N. The fraction of sp³-hybridized carbons (Fsp3) is 0.227. The molecule has 3 aromatic rings. The second-order valence-corrected chi connectivity index (χ2v) is 7.59. The number of nitrogens with two attached hydrogens (primary N) is 1. The highest BCUT2D eigenvalue weighted by molar-refractivity contribution is 6.00. The third-order valence-electron chi connectivity index (χ3n) is 5.37. The van der Waals surface area contributed by atoms with E-state index < -0.39 is 5.54 Å². The van der Waals surface area contributed by atoms with E-state index in [0.717, 1.165) is 11.1 Å². The summed E-state index contributed by atoms with van der Waals surface area (Å²) in [6.07, 6.45) is 0.376. The van der Waals surface area contributed by atoms with E-state index in [1.165, 1.54) is 17.0 Å². The van der Waals surface area contributed by atoms with Crippen LogP contribution in [0, 0.1) is 5.82 Å². The molecule has 1 unspecified atom stereocenters. The summed E-state index contributed by atoms with van der Waals surface area (Å²) in [7, 11) is 1.60. The van der Waals surface area contributed by atoms with Crippen LogP contribution >= 0.6 is 0 Å². The minimum absolute atomic E-state index is 0.105. The molecule has 0 aliphatic carbocycles. The standard InChI is InChI=1S/C22H21FN4O2/c1-22(12-20(29)27(2)21(24)26-22)15-5-3-4-13(8-15)9-19(28)18-11-14-10-16(23)6-7-17(14)25-18/h3-8,10-11,25H,9,12H2,1-2H3,(H2,24,26). The predicted molar refractivity (Wildman–Crippen MR) is 109 cm³/mol. The van der Waals surface area contributed by atoms with Crippen molar-refractivity contribution in [1.29, 1.82) is 0 Å². The van der Waals surface area contributed by atoms with Gasteiger partial charge in [-0.05, 0) is 42.3 Å². The van der Waals surface area contributed by atoms with Gasteiger partial charge in [-0.3, -0.25) is 14.5 Å². The molecule has 1 aliphatic rings. The van der Waals surface area contributed by atoms with E-state index in [9.17, 15) is 14.0 Å². The number of aromatic amines is 1. The molecule has 2 heterocycles. The van der Waals surface area contributed by atoms with Crippen molar-refractivity contribution < 1.29 is 14.0 Å². The number of hydrogen-bond acceptors (Lipinski definition) is 4. The van der Waals surface area contributed by atoms with Gasteiger partial charge in [-0.25, -0.2) is 9.38 Å². The number of rotatable bonds is 4. The summed E-state index contributed by atoms with van der Waals surface area (Å²) >= 11 is 0. The highest BCUT2D eigenvalue weighted by Gasteiger charge is 2.36. The Morgan fingerprint density at radius 2 is 2.07 bits per heavy atom. The predicted octanol–water partition coefficient (Wildman–Crippen LogP) is 3.12. The maximum Gasteiger partial charge on any atom is 0.231 e. The fourth-order valence-electron chi connectivity index (χ4n) is 3.63. The lowest BCUT2D eigenvalue weighted by Gasteiger charge is -2.33. The summed E-state index contributed by atoms with van der Waals surface area (Å²) in [6, 6.07) is 13.5. The highest BCUT2D eigenvalue weighted by Crippen LogP contribution is 2.33. The van der Waals surface area contributed by atoms with E-state index in [4.69, 9.17) is 5.73 Å². The van der Waals surface area contributed by atoms with Gasteiger partial charge in [0.25, 0.3) is 0 Å². The molecule has 7 heteroatoms. The van der Waals surface area contributed by atoms with E-state index in [2.05, 4.69) is 9.98 Å². The van der Waals surface area contributed by atoms with Crippen molar-refractivity contribution >= 4 is 28.6 Å². The lowest BCUT2D eigenvalue weighted by Crippen LogP contribution is -2.47. The minimum Gasteiger partial charge on any atom is -0.369 e. The van der Waals surface area contributed by atoms with Crippen LogP contribution < -0.4 is 5.73 Å². The first-order valence-electron chi connectivity index (χ1n) is 9.28. The normalized spacial score (nSPS) is 19.5. The Bertz CT molecular complexity index is 1170. The summed E-state index contributed by atoms with van der Waals surface area (Å²) < 4.78 is 13.4. The second kappa shape index (κ2) is 6.84. The molecule has 0 radical (unpaired) electrons. The van der Waals surface area contributed by atoms with Gasteiger partial charge in [0.1, 0.15) is 5.82 Å². The van der Waals surface area contributed by atoms with Crippen LogP contribution in [0.3, 0.4) is 0 Å². The van der Waals surface area contributed by atoms with Gasteiger partial charge in [-0.1, -0.05) is 24.3 Å². The number of Topliss-reactive ketones (excluding diaryl/α,β-unsaturated/α-hetero) is 1. The monoisotopic (exact) mass is 392 g/mol. The second-order valence-electron chi connectivity index (χ2n) is 7.59. The van der Waals surface area contributed by atoms with E-state index >= 15 is 0 Å². The quantitative estimate of drug-likeness (QED) is 0.668. The average molecular weight is 392 g/mol. The number of fused-ring (bicyclic) bond motifs is 1. The Morgan fingerprint density at radius 1 is 1.28 bits per heavy atom. The van der Waals surface area contributed by atoms with Crippen LogP contribution in [0.2, 0.25) is 0 Å². The summed E-state index contributed by atoms with van der Waals surface area (Å²) in [5.41, 5.74) is 7.89. The van der Waals surface area contributed by atoms with Gasteiger partial charge < -0.3 is 10.7 Å². The number of guanidine groups is 1. The molecule has 4 rings (SSSR count). The minimum atomic E-state index is -0.772. The van der Waals surface area contributed by atoms with Gasteiger partial charge in [-0.15, -0.1) is 0 Å². The van der Waals surface area contributed by atoms with Gasteiger partial charge in [0.2, 0.25) is 5.91 Å². The molecule has 1 aliphatic heterocycles. The molecule has 6 nitrogen and oxygen atoms in total. The van der Waals surface area contributed by atoms with Gasteiger partial charge >= 0.3 is 0 Å². The number of nitrogens with one attached hydrogen (secondary N) is 1. The largest absolute Gasteiger partial charge is 0.369 e. The smallest absolute Gasteiger partial charge is 0.231 e. The van der Waals surface area contributed by atoms with Crippen LogP contribution in [0.4, 0.5) is 4.39 Å². The number of H-pyrrole nitrogens is 1. The number of carbonyl (C=O) groups excluding carboxylic acids is 2. The van der Waals surface area contributed by atoms with Gasteiger partial charge in [0.15, 0.2) is 11.7 Å². The van der Waals surface area contributed by atoms with Crippen LogP contribution in [0.1, 0.15) is 35.0 Å². The first kappa shape index (κ1) is 18.9. The molecule has 0 spiro atoms. The Labute approximate surface area is 167 Å². The van der Waals surface area contributed by atoms with Crippen LogP contribution in [-0.2, 0) is 16.8 Å². The number of ketones is 1. The summed E-state index contributed by atoms with van der Waals surface area (Å²) in [6.45, 7) is 1.86. The van der Waals surface area contributed by atoms with Crippen molar-refractivity contribution in [3.05, 3.63) is 71.2 Å². The number of halogens is 1. The lowest BCUT2D eigenvalue weighted by atomic mass is 9.86. The molecule has 1 aromatic heterocycles. The Morgan fingerprint density at radius 3 is 2.83 bits per heavy atom. The van der Waals surface area contributed by atoms with Crippen molar-refractivity contribution in [3.8, 4) is 0 Å². The molecule has 0 saturated heterocycles. The third kappa shape index (κ3) is 3.51. The van der Waals surface area contributed by atoms with Gasteiger partial charge in [0.05, 0.1) is 17.7 Å². The highest BCUT2D eigenvalue weighted by atomic mass is 19.1. The number of nitrogens with zero attached hydrogens (tertiary/aromatic N) is 2. The van der Waals surface area contributed by atoms with Crippen molar-refractivity contribution in [2.75, 3.05) is 7.05 Å². The maximum absolute atomic E-state index is 13.4. The third-order valence-corrected chi connectivity index (χ3v) is 5.37. The van der Waals surface area contributed by atoms with Crippen LogP contribution in [0.5, 0.6) is 0 Å². The molecule has 3 N–H and O–H groups in total. The molecule has 1 atom stereocenters. The van der Waals surface area contributed by atoms with Gasteiger partial charge in [-0.2, -0.15) is 0 Å². The van der Waals surface area contributed by atoms with E-state index in [0.29, 0.717) is 16.6 Å².